The van der Waals surface area contributed by atoms with Crippen molar-refractivity contribution in [2.75, 3.05) is 63.3 Å². The molecule has 2 bridgehead atoms. The van der Waals surface area contributed by atoms with Crippen LogP contribution in [0.2, 0.25) is 0 Å². The van der Waals surface area contributed by atoms with Crippen LogP contribution in [0, 0.1) is 23.7 Å². The molecule has 5 fully saturated rings. The van der Waals surface area contributed by atoms with Crippen molar-refractivity contribution in [2.45, 2.75) is 95.7 Å². The Hall–Kier alpha value is -2.23. The highest BCUT2D eigenvalue weighted by Crippen LogP contribution is 2.60. The van der Waals surface area contributed by atoms with Crippen LogP contribution in [-0.4, -0.2) is 106 Å². The standard InChI is InChI=1S/C37H54Cl2N2O11/c1-24-5-10-29-25(2)34(49-35-37(29)28(24)13-14-36(3,50-35)51-52-37)48-22-20-46-19-21-47-32(43)12-11-31(42)40-30(33(44)45-4)23-26-6-8-27(9-7-26)41(17-15-38)18-16-39/h6-9,24-25,28-30,34-35H,5,10-23H2,1-4H3,(H,40,42)/t24-,25-,28+,29+,30+,34-,35-,36-,37-/m1/s1. The summed E-state index contributed by atoms with van der Waals surface area (Å²) in [6.45, 7) is 8.38. The van der Waals surface area contributed by atoms with Crippen molar-refractivity contribution < 1.29 is 52.6 Å². The van der Waals surface area contributed by atoms with Gasteiger partial charge in [-0.25, -0.2) is 14.6 Å². The van der Waals surface area contributed by atoms with Crippen LogP contribution < -0.4 is 10.2 Å². The average Bonchev–Trinajstić information content (AvgIpc) is 3.37. The Kier molecular flexibility index (Phi) is 14.9. The lowest BCUT2D eigenvalue weighted by atomic mass is 9.58. The smallest absolute Gasteiger partial charge is 0.328 e. The van der Waals surface area contributed by atoms with Crippen molar-refractivity contribution >= 4 is 46.7 Å². The van der Waals surface area contributed by atoms with Crippen LogP contribution in [0.15, 0.2) is 24.3 Å². The molecule has 5 aliphatic rings. The van der Waals surface area contributed by atoms with Crippen LogP contribution in [0.1, 0.15) is 64.9 Å². The molecule has 1 saturated carbocycles. The number of ether oxygens (including phenoxy) is 6. The fourth-order valence-corrected chi connectivity index (χ4v) is 8.55. The third-order valence-corrected chi connectivity index (χ3v) is 11.3. The Balaban J connectivity index is 0.978. The van der Waals surface area contributed by atoms with Gasteiger partial charge < -0.3 is 38.6 Å². The summed E-state index contributed by atoms with van der Waals surface area (Å²) in [5, 5.41) is 2.68. The van der Waals surface area contributed by atoms with E-state index in [-0.39, 0.29) is 63.4 Å². The number of carbonyl (C=O) groups is 3. The lowest BCUT2D eigenvalue weighted by Gasteiger charge is -2.60. The molecule has 1 aliphatic carbocycles. The van der Waals surface area contributed by atoms with Gasteiger partial charge in [0.15, 0.2) is 18.2 Å². The first-order valence-corrected chi connectivity index (χ1v) is 19.5. The van der Waals surface area contributed by atoms with E-state index in [0.717, 1.165) is 36.9 Å². The number of nitrogens with zero attached hydrogens (tertiary/aromatic N) is 1. The van der Waals surface area contributed by atoms with E-state index in [2.05, 4.69) is 24.1 Å². The molecular formula is C37H54Cl2N2O11. The number of nitrogens with one attached hydrogen (secondary N) is 1. The summed E-state index contributed by atoms with van der Waals surface area (Å²) in [5.41, 5.74) is 1.14. The first kappa shape index (κ1) is 40.9. The molecule has 4 heterocycles. The summed E-state index contributed by atoms with van der Waals surface area (Å²) in [6.07, 6.45) is 2.69. The zero-order chi connectivity index (χ0) is 37.3. The summed E-state index contributed by atoms with van der Waals surface area (Å²) in [4.78, 5) is 51.5. The zero-order valence-electron chi connectivity index (χ0n) is 30.7. The van der Waals surface area contributed by atoms with Crippen LogP contribution in [0.25, 0.3) is 0 Å². The van der Waals surface area contributed by atoms with Gasteiger partial charge in [-0.3, -0.25) is 9.59 Å². The number of fused-ring (bicyclic) bond motifs is 2. The Morgan fingerprint density at radius 3 is 2.40 bits per heavy atom. The SMILES string of the molecule is COC(=O)[C@H](Cc1ccc(N(CCCl)CCCl)cc1)NC(=O)CCC(=O)OCCOCCO[C@@H]1O[C@@H]2O[C@@]3(C)CC[C@H]4[C@H](C)CC[C@@H]([C@H]1C)[C@@]24OO3. The number of methoxy groups -OCH3 is 1. The highest BCUT2D eigenvalue weighted by Gasteiger charge is 2.69. The van der Waals surface area contributed by atoms with Crippen LogP contribution in [0.4, 0.5) is 5.69 Å². The minimum absolute atomic E-state index is 0.0286. The highest BCUT2D eigenvalue weighted by atomic mass is 35.5. The number of esters is 2. The summed E-state index contributed by atoms with van der Waals surface area (Å²) in [6, 6.07) is 6.68. The largest absolute Gasteiger partial charge is 0.467 e. The molecule has 1 amide bonds. The minimum Gasteiger partial charge on any atom is -0.467 e. The van der Waals surface area contributed by atoms with Gasteiger partial charge in [-0.2, -0.15) is 0 Å². The predicted octanol–water partition coefficient (Wildman–Crippen LogP) is 4.74. The lowest BCUT2D eigenvalue weighted by molar-refractivity contribution is -0.577. The summed E-state index contributed by atoms with van der Waals surface area (Å²) in [7, 11) is 1.26. The van der Waals surface area contributed by atoms with Crippen LogP contribution >= 0.6 is 23.2 Å². The van der Waals surface area contributed by atoms with Crippen LogP contribution in [-0.2, 0) is 59.0 Å². The molecule has 15 heteroatoms. The van der Waals surface area contributed by atoms with E-state index < -0.39 is 47.9 Å². The van der Waals surface area contributed by atoms with Gasteiger partial charge >= 0.3 is 11.9 Å². The zero-order valence-corrected chi connectivity index (χ0v) is 32.2. The molecule has 1 aromatic carbocycles. The second-order valence-electron chi connectivity index (χ2n) is 14.4. The maximum absolute atomic E-state index is 12.7. The van der Waals surface area contributed by atoms with Crippen LogP contribution in [0.3, 0.4) is 0 Å². The van der Waals surface area contributed by atoms with Gasteiger partial charge in [0.25, 0.3) is 0 Å². The second kappa shape index (κ2) is 18.9. The number of anilines is 1. The minimum atomic E-state index is -0.913. The Morgan fingerprint density at radius 1 is 0.962 bits per heavy atom. The van der Waals surface area contributed by atoms with Gasteiger partial charge in [-0.1, -0.05) is 26.0 Å². The highest BCUT2D eigenvalue weighted by molar-refractivity contribution is 6.18. The molecule has 52 heavy (non-hydrogen) atoms. The second-order valence-corrected chi connectivity index (χ2v) is 15.1. The van der Waals surface area contributed by atoms with Crippen molar-refractivity contribution in [3.05, 3.63) is 29.8 Å². The lowest BCUT2D eigenvalue weighted by Crippen LogP contribution is -2.70. The number of carbonyl (C=O) groups excluding carboxylic acids is 3. The molecule has 9 atom stereocenters. The maximum Gasteiger partial charge on any atom is 0.328 e. The molecule has 4 saturated heterocycles. The first-order chi connectivity index (χ1) is 25.0. The van der Waals surface area contributed by atoms with Gasteiger partial charge in [0.1, 0.15) is 12.6 Å². The molecule has 292 valence electrons. The molecule has 0 aromatic heterocycles. The number of benzene rings is 1. The normalized spacial score (nSPS) is 31.2. The average molecular weight is 774 g/mol. The van der Waals surface area contributed by atoms with Crippen molar-refractivity contribution in [1.29, 1.82) is 0 Å². The summed E-state index contributed by atoms with van der Waals surface area (Å²) in [5.74, 6) is -0.499. The summed E-state index contributed by atoms with van der Waals surface area (Å²) >= 11 is 11.8. The Labute approximate surface area is 316 Å². The molecule has 13 nitrogen and oxygen atoms in total. The number of alkyl halides is 2. The van der Waals surface area contributed by atoms with E-state index in [1.807, 2.05) is 31.2 Å². The van der Waals surface area contributed by atoms with Crippen LogP contribution in [0.5, 0.6) is 0 Å². The van der Waals surface area contributed by atoms with Crippen molar-refractivity contribution in [1.82, 2.24) is 5.32 Å². The fraction of sp³-hybridized carbons (Fsp3) is 0.757. The van der Waals surface area contributed by atoms with Gasteiger partial charge in [-0.05, 0) is 55.7 Å². The van der Waals surface area contributed by atoms with Crippen molar-refractivity contribution in [2.24, 2.45) is 23.7 Å². The Bertz CT molecular complexity index is 1330. The maximum atomic E-state index is 12.7. The molecular weight excluding hydrogens is 719 g/mol. The fourth-order valence-electron chi connectivity index (χ4n) is 8.14. The number of amides is 1. The van der Waals surface area contributed by atoms with E-state index in [1.165, 1.54) is 7.11 Å². The van der Waals surface area contributed by atoms with E-state index in [0.29, 0.717) is 30.8 Å². The molecule has 0 unspecified atom stereocenters. The summed E-state index contributed by atoms with van der Waals surface area (Å²) < 4.78 is 34.7. The third-order valence-electron chi connectivity index (χ3n) is 10.9. The Morgan fingerprint density at radius 2 is 1.69 bits per heavy atom. The molecule has 1 spiro atoms. The number of rotatable bonds is 19. The number of hydrogen-bond acceptors (Lipinski definition) is 12. The molecule has 1 aromatic rings. The van der Waals surface area contributed by atoms with Crippen molar-refractivity contribution in [3.63, 3.8) is 0 Å². The van der Waals surface area contributed by atoms with Gasteiger partial charge in [0.2, 0.25) is 11.7 Å². The molecule has 6 rings (SSSR count). The van der Waals surface area contributed by atoms with Gasteiger partial charge in [-0.15, -0.1) is 23.2 Å². The number of halogens is 2. The van der Waals surface area contributed by atoms with E-state index in [4.69, 9.17) is 61.4 Å². The van der Waals surface area contributed by atoms with E-state index in [9.17, 15) is 14.4 Å². The van der Waals surface area contributed by atoms with Gasteiger partial charge in [0.05, 0.1) is 33.4 Å². The van der Waals surface area contributed by atoms with E-state index >= 15 is 0 Å². The first-order valence-electron chi connectivity index (χ1n) is 18.4. The monoisotopic (exact) mass is 772 g/mol. The third kappa shape index (κ3) is 9.70. The topological polar surface area (TPSA) is 140 Å². The van der Waals surface area contributed by atoms with Crippen molar-refractivity contribution in [3.8, 4) is 0 Å². The quantitative estimate of drug-likeness (QED) is 0.0900. The molecule has 0 radical (unpaired) electrons. The molecule has 1 N–H and O–H groups in total. The predicted molar refractivity (Wildman–Crippen MR) is 192 cm³/mol. The van der Waals surface area contributed by atoms with Gasteiger partial charge in [0, 0.05) is 61.6 Å². The molecule has 4 aliphatic heterocycles. The van der Waals surface area contributed by atoms with E-state index in [1.54, 1.807) is 0 Å². The number of hydrogen-bond donors (Lipinski definition) is 1.